The second-order valence-electron chi connectivity index (χ2n) is 1.25. The van der Waals surface area contributed by atoms with Gasteiger partial charge in [-0.1, -0.05) is 0 Å². The van der Waals surface area contributed by atoms with E-state index >= 15 is 0 Å². The molecule has 0 amide bonds. The Labute approximate surface area is 118 Å². The Bertz CT molecular complexity index is 169. The van der Waals surface area contributed by atoms with Gasteiger partial charge in [0, 0.05) is 0 Å². The zero-order chi connectivity index (χ0) is 16.4. The molecule has 0 fully saturated rings. The van der Waals surface area contributed by atoms with Gasteiger partial charge in [-0.3, -0.25) is 28.8 Å². The molecule has 6 nitrogen and oxygen atoms in total. The van der Waals surface area contributed by atoms with Gasteiger partial charge in [-0.25, -0.2) is 0 Å². The van der Waals surface area contributed by atoms with Crippen molar-refractivity contribution in [2.24, 2.45) is 0 Å². The molecule has 0 unspecified atom stereocenters. The average molecular weight is 419 g/mol. The van der Waals surface area contributed by atoms with Crippen LogP contribution in [0.1, 0.15) is 6.42 Å². The van der Waals surface area contributed by atoms with Crippen LogP contribution in [0.4, 0.5) is 0 Å². The maximum atomic E-state index is 7.50. The molecular formula is C11H5O6Re. The Morgan fingerprint density at radius 1 is 0.722 bits per heavy atom. The Kier molecular flexibility index (Phi) is 228. The monoisotopic (exact) mass is 420 g/mol. The SMILES string of the molecule is [C]=O.[C]=O.[C]=O.[C]=O.[C]=O.[C]=O.[Re][C]1=CC=CC1. The third-order valence-corrected chi connectivity index (χ3v) is 1.73. The number of carbonyl (C=O) groups excluding carboxylic acids is 6. The van der Waals surface area contributed by atoms with Crippen LogP contribution in [0.25, 0.3) is 0 Å². The average Bonchev–Trinajstić information content (AvgIpc) is 3.02. The molecule has 0 saturated heterocycles. The minimum absolute atomic E-state index is 1.19. The van der Waals surface area contributed by atoms with E-state index < -0.39 is 0 Å². The van der Waals surface area contributed by atoms with Gasteiger partial charge in [0.15, 0.2) is 0 Å². The van der Waals surface area contributed by atoms with E-state index in [1.165, 1.54) is 10.5 Å². The van der Waals surface area contributed by atoms with Crippen molar-refractivity contribution in [2.75, 3.05) is 0 Å². The third-order valence-electron chi connectivity index (χ3n) is 0.726. The van der Waals surface area contributed by atoms with Crippen LogP contribution < -0.4 is 0 Å². The van der Waals surface area contributed by atoms with E-state index in [1.807, 2.05) is 0 Å². The molecule has 0 bridgehead atoms. The van der Waals surface area contributed by atoms with Crippen molar-refractivity contribution in [3.63, 3.8) is 0 Å². The van der Waals surface area contributed by atoms with Gasteiger partial charge in [-0.15, -0.1) is 0 Å². The first kappa shape index (κ1) is 36.0. The van der Waals surface area contributed by atoms with Gasteiger partial charge in [0.1, 0.15) is 0 Å². The van der Waals surface area contributed by atoms with Crippen LogP contribution in [0.2, 0.25) is 0 Å². The Balaban J connectivity index is -0.0000000262. The van der Waals surface area contributed by atoms with E-state index in [9.17, 15) is 0 Å². The van der Waals surface area contributed by atoms with Gasteiger partial charge in [0.2, 0.25) is 0 Å². The molecule has 92 valence electrons. The van der Waals surface area contributed by atoms with E-state index in [-0.39, 0.29) is 0 Å². The third kappa shape index (κ3) is 92.1. The first-order valence-electron chi connectivity index (χ1n) is 3.13. The van der Waals surface area contributed by atoms with E-state index in [0.29, 0.717) is 0 Å². The van der Waals surface area contributed by atoms with Crippen molar-refractivity contribution >= 4 is 40.7 Å². The zero-order valence-corrected chi connectivity index (χ0v) is 11.5. The normalized spacial score (nSPS) is 7.50. The summed E-state index contributed by atoms with van der Waals surface area (Å²) in [6.45, 7) is 27.0. The summed E-state index contributed by atoms with van der Waals surface area (Å²) in [6.07, 6.45) is 7.64. The van der Waals surface area contributed by atoms with Crippen LogP contribution in [0.3, 0.4) is 0 Å². The Morgan fingerprint density at radius 3 is 1.06 bits per heavy atom. The molecule has 1 aliphatic carbocycles. The number of allylic oxidation sites excluding steroid dienone is 4. The summed E-state index contributed by atoms with van der Waals surface area (Å²) >= 11 is 1.78. The second kappa shape index (κ2) is 114. The molecule has 12 radical (unpaired) electrons. The summed E-state index contributed by atoms with van der Waals surface area (Å²) in [5, 5.41) is 0. The summed E-state index contributed by atoms with van der Waals surface area (Å²) in [5.74, 6) is 0. The number of rotatable bonds is 0. The summed E-state index contributed by atoms with van der Waals surface area (Å²) in [6, 6.07) is 0. The van der Waals surface area contributed by atoms with Crippen molar-refractivity contribution in [1.82, 2.24) is 0 Å². The molecule has 0 aromatic rings. The molecule has 0 aliphatic heterocycles. The topological polar surface area (TPSA) is 102 Å². The van der Waals surface area contributed by atoms with Crippen molar-refractivity contribution in [2.45, 2.75) is 6.42 Å². The molecular weight excluding hydrogens is 414 g/mol. The zero-order valence-electron chi connectivity index (χ0n) is 8.77. The summed E-state index contributed by atoms with van der Waals surface area (Å²) in [4.78, 5) is 45.0. The van der Waals surface area contributed by atoms with Crippen LogP contribution in [-0.4, -0.2) is 40.7 Å². The first-order chi connectivity index (χ1) is 8.89. The molecule has 0 aromatic heterocycles. The van der Waals surface area contributed by atoms with E-state index in [1.54, 1.807) is 19.2 Å². The predicted molar refractivity (Wildman–Crippen MR) is 56.0 cm³/mol. The van der Waals surface area contributed by atoms with Gasteiger partial charge in [0.05, 0.1) is 0 Å². The van der Waals surface area contributed by atoms with Gasteiger partial charge in [-0.05, 0) is 0 Å². The van der Waals surface area contributed by atoms with Crippen LogP contribution in [0.15, 0.2) is 22.3 Å². The van der Waals surface area contributed by atoms with Gasteiger partial charge in [0.25, 0.3) is 40.7 Å². The minimum atomic E-state index is 1.19. The van der Waals surface area contributed by atoms with Crippen LogP contribution >= 0.6 is 0 Å². The van der Waals surface area contributed by atoms with Gasteiger partial charge >= 0.3 is 47.9 Å². The Hall–Kier alpha value is -1.84. The summed E-state index contributed by atoms with van der Waals surface area (Å²) in [7, 11) is 0. The fourth-order valence-electron chi connectivity index (χ4n) is 0.421. The van der Waals surface area contributed by atoms with E-state index in [0.717, 1.165) is 0 Å². The van der Waals surface area contributed by atoms with E-state index in [4.69, 9.17) is 28.8 Å². The molecule has 0 heterocycles. The molecule has 0 aromatic carbocycles. The quantitative estimate of drug-likeness (QED) is 0.499. The molecule has 1 rings (SSSR count). The molecule has 0 N–H and O–H groups in total. The van der Waals surface area contributed by atoms with Crippen molar-refractivity contribution in [3.05, 3.63) is 22.3 Å². The number of hydrogen-bond acceptors (Lipinski definition) is 6. The molecule has 7 heteroatoms. The predicted octanol–water partition coefficient (Wildman–Crippen LogP) is -1.01. The molecule has 0 spiro atoms. The van der Waals surface area contributed by atoms with E-state index in [2.05, 4.69) is 59.0 Å². The van der Waals surface area contributed by atoms with Crippen LogP contribution in [0.5, 0.6) is 0 Å². The van der Waals surface area contributed by atoms with Gasteiger partial charge in [-0.2, -0.15) is 0 Å². The summed E-state index contributed by atoms with van der Waals surface area (Å²) in [5.41, 5.74) is 0. The van der Waals surface area contributed by atoms with Crippen molar-refractivity contribution in [1.29, 1.82) is 0 Å². The fraction of sp³-hybridized carbons (Fsp3) is 0.0909. The molecule has 0 atom stereocenters. The first-order valence-corrected chi connectivity index (χ1v) is 4.49. The second-order valence-corrected chi connectivity index (χ2v) is 2.99. The van der Waals surface area contributed by atoms with Crippen LogP contribution in [-0.2, 0) is 48.0 Å². The fourth-order valence-corrected chi connectivity index (χ4v) is 1.00. The standard InChI is InChI=1S/C5H5.6CO.Re/c1-2-4-5-3-1;6*1-2;/h1-3H,4H2;;;;;;;. The molecule has 0 saturated carbocycles. The van der Waals surface area contributed by atoms with Crippen molar-refractivity contribution < 1.29 is 48.0 Å². The van der Waals surface area contributed by atoms with Crippen LogP contribution in [0, 0.1) is 0 Å². The number of hydrogen-bond donors (Lipinski definition) is 0. The van der Waals surface area contributed by atoms with Crippen molar-refractivity contribution in [3.8, 4) is 0 Å². The molecule has 1 aliphatic rings. The Morgan fingerprint density at radius 2 is 1.00 bits per heavy atom. The van der Waals surface area contributed by atoms with Gasteiger partial charge < -0.3 is 0 Å². The summed E-state index contributed by atoms with van der Waals surface area (Å²) < 4.78 is 1.52. The maximum absolute atomic E-state index is 7.50. The molecule has 18 heavy (non-hydrogen) atoms.